The van der Waals surface area contributed by atoms with Crippen molar-refractivity contribution in [1.82, 2.24) is 19.3 Å². The van der Waals surface area contributed by atoms with E-state index in [0.717, 1.165) is 53.9 Å². The Labute approximate surface area is 357 Å². The summed E-state index contributed by atoms with van der Waals surface area (Å²) in [5.41, 5.74) is 5.53. The van der Waals surface area contributed by atoms with E-state index in [2.05, 4.69) is 149 Å². The average molecular weight is 794 g/mol. The third-order valence-corrected chi connectivity index (χ3v) is 17.0. The van der Waals surface area contributed by atoms with Crippen molar-refractivity contribution in [3.8, 4) is 0 Å². The van der Waals surface area contributed by atoms with E-state index in [1.807, 2.05) is 0 Å². The van der Waals surface area contributed by atoms with Gasteiger partial charge in [0.1, 0.15) is 0 Å². The van der Waals surface area contributed by atoms with Crippen LogP contribution in [0.15, 0.2) is 54.6 Å². The first-order valence-corrected chi connectivity index (χ1v) is 24.4. The second-order valence-electron chi connectivity index (χ2n) is 20.3. The van der Waals surface area contributed by atoms with Gasteiger partial charge in [0.2, 0.25) is 0 Å². The molecule has 1 aromatic heterocycles. The van der Waals surface area contributed by atoms with Crippen molar-refractivity contribution in [3.63, 3.8) is 0 Å². The standard InChI is InChI=1S/2C11H21N.C11H15N.C10H19N.C10H11N/c1-9-11-6-4-3-5-10(11)7-8-12(9)2;2*1-9-7-8-10-5-3-4-6-11(10)12(9)2;2*1-8-7-9-5-3-4-6-10(9)11(8)2/h2*9-11H,3-8H2,1-2H3;3-6,9H,7-8H2,1-2H3;8-10H,3-7H2,1-2H3;3-7H,1-2H3. The highest BCUT2D eigenvalue weighted by Gasteiger charge is 2.38. The van der Waals surface area contributed by atoms with Gasteiger partial charge in [-0.1, -0.05) is 81.3 Å². The zero-order chi connectivity index (χ0) is 41.3. The lowest BCUT2D eigenvalue weighted by Crippen LogP contribution is -2.48. The molecule has 324 valence electrons. The molecule has 3 saturated carbocycles. The summed E-state index contributed by atoms with van der Waals surface area (Å²) in [5, 5.41) is 1.33. The van der Waals surface area contributed by atoms with Gasteiger partial charge in [-0.05, 0) is 186 Å². The van der Waals surface area contributed by atoms with Crippen molar-refractivity contribution < 1.29 is 0 Å². The maximum absolute atomic E-state index is 2.63. The molecule has 6 fully saturated rings. The summed E-state index contributed by atoms with van der Waals surface area (Å²) < 4.78 is 2.20. The molecule has 2 aromatic carbocycles. The lowest BCUT2D eigenvalue weighted by atomic mass is 9.71. The molecule has 4 aliphatic heterocycles. The smallest absolute Gasteiger partial charge is 0.0479 e. The molecule has 10 atom stereocenters. The van der Waals surface area contributed by atoms with Crippen LogP contribution in [0.3, 0.4) is 0 Å². The number of rotatable bonds is 0. The zero-order valence-corrected chi connectivity index (χ0v) is 39.1. The van der Waals surface area contributed by atoms with Crippen molar-refractivity contribution in [2.45, 2.75) is 186 Å². The Hall–Kier alpha value is -2.34. The van der Waals surface area contributed by atoms with Crippen molar-refractivity contribution in [2.75, 3.05) is 39.6 Å². The summed E-state index contributed by atoms with van der Waals surface area (Å²) in [4.78, 5) is 10.2. The average Bonchev–Trinajstić information content (AvgIpc) is 3.72. The number of nitrogens with zero attached hydrogens (tertiary/aromatic N) is 5. The number of hydrogen-bond acceptors (Lipinski definition) is 4. The summed E-state index contributed by atoms with van der Waals surface area (Å²) in [6.07, 6.45) is 26.2. The first kappa shape index (κ1) is 45.2. The van der Waals surface area contributed by atoms with Crippen LogP contribution in [-0.4, -0.2) is 90.3 Å². The lowest BCUT2D eigenvalue weighted by Gasteiger charge is -2.45. The first-order valence-electron chi connectivity index (χ1n) is 24.4. The van der Waals surface area contributed by atoms with Crippen LogP contribution in [0.4, 0.5) is 5.69 Å². The highest BCUT2D eigenvalue weighted by Crippen LogP contribution is 2.40. The van der Waals surface area contributed by atoms with E-state index >= 15 is 0 Å². The SMILES string of the molecule is CC1C2CCCCC2CCN1C.CC1CC2CCCCC2N1C.CC1CCC2CCCCC2N1C.CC1CCc2ccccc2N1C.Cc1cc2ccccc2n1C. The Balaban J connectivity index is 0.000000122. The predicted octanol–water partition coefficient (Wildman–Crippen LogP) is 12.4. The molecule has 58 heavy (non-hydrogen) atoms. The second-order valence-corrected chi connectivity index (χ2v) is 20.3. The lowest BCUT2D eigenvalue weighted by molar-refractivity contribution is 0.0447. The summed E-state index contributed by atoms with van der Waals surface area (Å²) >= 11 is 0. The van der Waals surface area contributed by atoms with Crippen molar-refractivity contribution in [2.24, 2.45) is 30.7 Å². The Kier molecular flexibility index (Phi) is 16.7. The van der Waals surface area contributed by atoms with E-state index in [-0.39, 0.29) is 0 Å². The van der Waals surface area contributed by atoms with Gasteiger partial charge in [0.15, 0.2) is 0 Å². The van der Waals surface area contributed by atoms with Crippen LogP contribution in [0, 0.1) is 30.6 Å². The van der Waals surface area contributed by atoms with Gasteiger partial charge in [-0.3, -0.25) is 0 Å². The minimum atomic E-state index is 0.694. The molecular weight excluding hydrogens is 707 g/mol. The number of aryl methyl sites for hydroxylation is 3. The quantitative estimate of drug-likeness (QED) is 0.225. The number of likely N-dealkylation sites (tertiary alicyclic amines) is 3. The Morgan fingerprint density at radius 3 is 1.86 bits per heavy atom. The molecule has 3 aromatic rings. The Bertz CT molecular complexity index is 1620. The molecule has 0 amide bonds. The molecule has 10 unspecified atom stereocenters. The van der Waals surface area contributed by atoms with E-state index < -0.39 is 0 Å². The van der Waals surface area contributed by atoms with Gasteiger partial charge >= 0.3 is 0 Å². The molecule has 5 heterocycles. The van der Waals surface area contributed by atoms with Crippen LogP contribution in [0.2, 0.25) is 0 Å². The first-order chi connectivity index (χ1) is 27.9. The Morgan fingerprint density at radius 1 is 0.534 bits per heavy atom. The molecule has 0 spiro atoms. The molecule has 5 nitrogen and oxygen atoms in total. The van der Waals surface area contributed by atoms with Gasteiger partial charge in [-0.25, -0.2) is 0 Å². The zero-order valence-electron chi connectivity index (χ0n) is 39.1. The number of aromatic nitrogens is 1. The fourth-order valence-electron chi connectivity index (χ4n) is 12.4. The van der Waals surface area contributed by atoms with Crippen molar-refractivity contribution in [3.05, 3.63) is 65.9 Å². The van der Waals surface area contributed by atoms with Crippen LogP contribution in [0.1, 0.15) is 148 Å². The Morgan fingerprint density at radius 2 is 1.14 bits per heavy atom. The summed E-state index contributed by atoms with van der Waals surface area (Å²) in [7, 11) is 11.2. The van der Waals surface area contributed by atoms with E-state index in [9.17, 15) is 0 Å². The topological polar surface area (TPSA) is 17.9 Å². The van der Waals surface area contributed by atoms with Gasteiger partial charge in [0.25, 0.3) is 0 Å². The minimum absolute atomic E-state index is 0.694. The number of hydrogen-bond donors (Lipinski definition) is 0. The van der Waals surface area contributed by atoms with Gasteiger partial charge in [-0.15, -0.1) is 0 Å². The van der Waals surface area contributed by atoms with Gasteiger partial charge in [-0.2, -0.15) is 0 Å². The number of benzene rings is 2. The fourth-order valence-corrected chi connectivity index (χ4v) is 12.4. The van der Waals surface area contributed by atoms with Crippen LogP contribution >= 0.6 is 0 Å². The molecule has 0 N–H and O–H groups in total. The minimum Gasteiger partial charge on any atom is -0.372 e. The highest BCUT2D eigenvalue weighted by molar-refractivity contribution is 5.81. The second kappa shape index (κ2) is 21.4. The molecule has 7 aliphatic rings. The summed E-state index contributed by atoms with van der Waals surface area (Å²) in [5.74, 6) is 4.19. The number of anilines is 1. The number of para-hydroxylation sites is 2. The summed E-state index contributed by atoms with van der Waals surface area (Å²) in [6.45, 7) is 12.9. The molecule has 5 heteroatoms. The molecule has 0 bridgehead atoms. The maximum atomic E-state index is 2.63. The van der Waals surface area contributed by atoms with Crippen LogP contribution in [-0.2, 0) is 13.5 Å². The van der Waals surface area contributed by atoms with E-state index in [1.54, 1.807) is 0 Å². The van der Waals surface area contributed by atoms with E-state index in [4.69, 9.17) is 0 Å². The molecule has 3 aliphatic carbocycles. The third-order valence-electron chi connectivity index (χ3n) is 17.0. The maximum Gasteiger partial charge on any atom is 0.0479 e. The molecule has 0 radical (unpaired) electrons. The molecule has 3 saturated heterocycles. The number of fused-ring (bicyclic) bond motifs is 5. The third kappa shape index (κ3) is 11.1. The predicted molar refractivity (Wildman–Crippen MR) is 252 cm³/mol. The van der Waals surface area contributed by atoms with Crippen molar-refractivity contribution >= 4 is 16.6 Å². The molecular formula is C53H87N5. The fraction of sp³-hybridized carbons (Fsp3) is 0.736. The highest BCUT2D eigenvalue weighted by atomic mass is 15.2. The van der Waals surface area contributed by atoms with Gasteiger partial charge < -0.3 is 24.2 Å². The van der Waals surface area contributed by atoms with Crippen LogP contribution in [0.25, 0.3) is 10.9 Å². The van der Waals surface area contributed by atoms with Gasteiger partial charge in [0.05, 0.1) is 0 Å². The monoisotopic (exact) mass is 794 g/mol. The normalized spacial score (nSPS) is 33.5. The van der Waals surface area contributed by atoms with Crippen LogP contribution < -0.4 is 4.90 Å². The molecule has 10 rings (SSSR count). The van der Waals surface area contributed by atoms with Gasteiger partial charge in [0, 0.05) is 67.2 Å². The summed E-state index contributed by atoms with van der Waals surface area (Å²) in [6, 6.07) is 24.4. The van der Waals surface area contributed by atoms with Crippen molar-refractivity contribution in [1.29, 1.82) is 0 Å². The number of piperidine rings is 2. The van der Waals surface area contributed by atoms with E-state index in [1.165, 1.54) is 150 Å². The van der Waals surface area contributed by atoms with Crippen LogP contribution in [0.5, 0.6) is 0 Å². The van der Waals surface area contributed by atoms with E-state index in [0.29, 0.717) is 6.04 Å². The largest absolute Gasteiger partial charge is 0.372 e.